The zero-order chi connectivity index (χ0) is 19.5. The van der Waals surface area contributed by atoms with Crippen LogP contribution >= 0.6 is 0 Å². The van der Waals surface area contributed by atoms with Crippen LogP contribution in [0.1, 0.15) is 70.6 Å². The van der Waals surface area contributed by atoms with Crippen LogP contribution in [-0.2, 0) is 4.79 Å². The van der Waals surface area contributed by atoms with E-state index < -0.39 is 17.1 Å². The van der Waals surface area contributed by atoms with E-state index in [-0.39, 0.29) is 25.2 Å². The molecule has 2 heterocycles. The summed E-state index contributed by atoms with van der Waals surface area (Å²) in [5.41, 5.74) is -1.79. The van der Waals surface area contributed by atoms with Gasteiger partial charge in [-0.25, -0.2) is 8.78 Å². The van der Waals surface area contributed by atoms with Gasteiger partial charge in [0.15, 0.2) is 0 Å². The van der Waals surface area contributed by atoms with E-state index in [4.69, 9.17) is 0 Å². The molecule has 0 spiro atoms. The van der Waals surface area contributed by atoms with Crippen molar-refractivity contribution in [2.45, 2.75) is 87.8 Å². The number of carbonyl (C=O) groups excluding carboxylic acids is 1. The van der Waals surface area contributed by atoms with Crippen molar-refractivity contribution < 1.29 is 23.8 Å². The molecule has 2 aliphatic heterocycles. The normalized spacial score (nSPS) is 32.1. The van der Waals surface area contributed by atoms with Gasteiger partial charge in [-0.15, -0.1) is 0 Å². The summed E-state index contributed by atoms with van der Waals surface area (Å²) in [7, 11) is 0. The molecule has 0 aromatic heterocycles. The molecule has 2 N–H and O–H groups in total. The van der Waals surface area contributed by atoms with Gasteiger partial charge in [0.1, 0.15) is 0 Å². The van der Waals surface area contributed by atoms with Crippen LogP contribution in [0.2, 0.25) is 0 Å². The fraction of sp³-hybridized carbons (Fsp3) is 0.950. The Hall–Kier alpha value is -0.790. The van der Waals surface area contributed by atoms with Crippen molar-refractivity contribution in [3.63, 3.8) is 0 Å². The van der Waals surface area contributed by atoms with Crippen LogP contribution in [-0.4, -0.2) is 75.8 Å². The predicted octanol–water partition coefficient (Wildman–Crippen LogP) is 2.55. The van der Waals surface area contributed by atoms with Gasteiger partial charge in [-0.3, -0.25) is 4.79 Å². The lowest BCUT2D eigenvalue weighted by molar-refractivity contribution is -0.138. The summed E-state index contributed by atoms with van der Waals surface area (Å²) in [6.07, 6.45) is 6.06. The predicted molar refractivity (Wildman–Crippen MR) is 98.7 cm³/mol. The van der Waals surface area contributed by atoms with Gasteiger partial charge in [0, 0.05) is 45.6 Å². The zero-order valence-electron chi connectivity index (χ0n) is 16.3. The third-order valence-electron chi connectivity index (χ3n) is 6.64. The van der Waals surface area contributed by atoms with Crippen LogP contribution in [0.5, 0.6) is 0 Å². The minimum Gasteiger partial charge on any atom is -0.389 e. The van der Waals surface area contributed by atoms with Gasteiger partial charge < -0.3 is 20.0 Å². The molecule has 0 aromatic rings. The molecule has 3 rings (SSSR count). The fourth-order valence-electron chi connectivity index (χ4n) is 4.82. The average Bonchev–Trinajstić information content (AvgIpc) is 2.79. The van der Waals surface area contributed by atoms with Crippen molar-refractivity contribution in [2.75, 3.05) is 32.7 Å². The first-order chi connectivity index (χ1) is 12.7. The highest BCUT2D eigenvalue weighted by Crippen LogP contribution is 2.33. The van der Waals surface area contributed by atoms with E-state index in [1.165, 1.54) is 0 Å². The number of nitrogens with zero attached hydrogens (tertiary/aromatic N) is 2. The number of likely N-dealkylation sites (tertiary alicyclic amines) is 2. The van der Waals surface area contributed by atoms with Crippen LogP contribution in [0.3, 0.4) is 0 Å². The number of hydrogen-bond donors (Lipinski definition) is 2. The van der Waals surface area contributed by atoms with Crippen LogP contribution in [0.15, 0.2) is 0 Å². The average molecular weight is 388 g/mol. The maximum Gasteiger partial charge on any atom is 0.250 e. The third kappa shape index (κ3) is 5.84. The van der Waals surface area contributed by atoms with Gasteiger partial charge in [0.25, 0.3) is 5.92 Å². The van der Waals surface area contributed by atoms with E-state index in [0.717, 1.165) is 19.3 Å². The second-order valence-corrected chi connectivity index (χ2v) is 9.05. The molecule has 1 atom stereocenters. The maximum atomic E-state index is 13.3. The minimum absolute atomic E-state index is 0.0266. The second-order valence-electron chi connectivity index (χ2n) is 9.05. The monoisotopic (exact) mass is 388 g/mol. The van der Waals surface area contributed by atoms with Gasteiger partial charge in [-0.2, -0.15) is 0 Å². The summed E-state index contributed by atoms with van der Waals surface area (Å²) in [6.45, 7) is 2.08. The first-order valence-corrected chi connectivity index (χ1v) is 10.5. The quantitative estimate of drug-likeness (QED) is 0.777. The van der Waals surface area contributed by atoms with E-state index in [2.05, 4.69) is 0 Å². The Labute approximate surface area is 160 Å². The van der Waals surface area contributed by atoms with Crippen LogP contribution in [0.25, 0.3) is 0 Å². The highest BCUT2D eigenvalue weighted by molar-refractivity contribution is 5.77. The van der Waals surface area contributed by atoms with Gasteiger partial charge in [-0.05, 0) is 32.1 Å². The molecule has 2 saturated heterocycles. The first-order valence-electron chi connectivity index (χ1n) is 10.5. The summed E-state index contributed by atoms with van der Waals surface area (Å²) in [6, 6.07) is 0. The molecule has 1 saturated carbocycles. The molecule has 7 heteroatoms. The lowest BCUT2D eigenvalue weighted by Gasteiger charge is -2.38. The summed E-state index contributed by atoms with van der Waals surface area (Å²) in [5.74, 6) is -2.60. The molecule has 3 aliphatic rings. The number of piperidine rings is 1. The second kappa shape index (κ2) is 8.29. The first kappa shape index (κ1) is 20.9. The standard InChI is InChI=1S/C20H34F2N2O3/c21-20(22)9-12-23(13-10-20)16-19(27)7-4-11-24(14-8-19)17(25)15-18(26)5-2-1-3-6-18/h26-27H,1-16H2/t19-/m1/s1. The van der Waals surface area contributed by atoms with Gasteiger partial charge in [0.2, 0.25) is 5.91 Å². The van der Waals surface area contributed by atoms with E-state index in [1.807, 2.05) is 4.90 Å². The van der Waals surface area contributed by atoms with E-state index >= 15 is 0 Å². The molecule has 1 aliphatic carbocycles. The van der Waals surface area contributed by atoms with Crippen LogP contribution in [0.4, 0.5) is 8.78 Å². The molecular formula is C20H34F2N2O3. The number of alkyl halides is 2. The van der Waals surface area contributed by atoms with E-state index in [0.29, 0.717) is 64.8 Å². The molecule has 1 amide bonds. The summed E-state index contributed by atoms with van der Waals surface area (Å²) < 4.78 is 26.7. The number of halogens is 2. The minimum atomic E-state index is -2.58. The summed E-state index contributed by atoms with van der Waals surface area (Å²) in [5, 5.41) is 21.6. The Morgan fingerprint density at radius 3 is 2.07 bits per heavy atom. The summed E-state index contributed by atoms with van der Waals surface area (Å²) >= 11 is 0. The topological polar surface area (TPSA) is 64.0 Å². The molecule has 5 nitrogen and oxygen atoms in total. The molecule has 0 aromatic carbocycles. The van der Waals surface area contributed by atoms with E-state index in [1.54, 1.807) is 4.90 Å². The van der Waals surface area contributed by atoms with Gasteiger partial charge in [-0.1, -0.05) is 19.3 Å². The molecule has 27 heavy (non-hydrogen) atoms. The zero-order valence-corrected chi connectivity index (χ0v) is 16.3. The Bertz CT molecular complexity index is 515. The van der Waals surface area contributed by atoms with Crippen molar-refractivity contribution in [3.05, 3.63) is 0 Å². The Balaban J connectivity index is 1.49. The number of rotatable bonds is 4. The lowest BCUT2D eigenvalue weighted by atomic mass is 9.82. The SMILES string of the molecule is O=C(CC1(O)CCCCC1)N1CCC[C@](O)(CN2CCC(F)(F)CC2)CC1. The largest absolute Gasteiger partial charge is 0.389 e. The molecule has 156 valence electrons. The van der Waals surface area contributed by atoms with Crippen LogP contribution in [0, 0.1) is 0 Å². The van der Waals surface area contributed by atoms with Crippen molar-refractivity contribution in [2.24, 2.45) is 0 Å². The highest BCUT2D eigenvalue weighted by atomic mass is 19.3. The highest BCUT2D eigenvalue weighted by Gasteiger charge is 2.39. The number of β-amino-alcohol motifs (C(OH)–C–C–N with tert-alkyl or cyclic N) is 1. The van der Waals surface area contributed by atoms with Crippen molar-refractivity contribution in [1.82, 2.24) is 9.80 Å². The third-order valence-corrected chi connectivity index (χ3v) is 6.64. The molecular weight excluding hydrogens is 354 g/mol. The van der Waals surface area contributed by atoms with Crippen LogP contribution < -0.4 is 0 Å². The Morgan fingerprint density at radius 2 is 1.41 bits per heavy atom. The van der Waals surface area contributed by atoms with Crippen molar-refractivity contribution in [1.29, 1.82) is 0 Å². The smallest absolute Gasteiger partial charge is 0.250 e. The molecule has 0 unspecified atom stereocenters. The molecule has 3 fully saturated rings. The van der Waals surface area contributed by atoms with Gasteiger partial charge in [0.05, 0.1) is 17.6 Å². The maximum absolute atomic E-state index is 13.3. The Morgan fingerprint density at radius 1 is 0.778 bits per heavy atom. The number of hydrogen-bond acceptors (Lipinski definition) is 4. The summed E-state index contributed by atoms with van der Waals surface area (Å²) in [4.78, 5) is 16.4. The molecule has 0 radical (unpaired) electrons. The van der Waals surface area contributed by atoms with E-state index in [9.17, 15) is 23.8 Å². The van der Waals surface area contributed by atoms with Gasteiger partial charge >= 0.3 is 0 Å². The van der Waals surface area contributed by atoms with Crippen molar-refractivity contribution in [3.8, 4) is 0 Å². The fourth-order valence-corrected chi connectivity index (χ4v) is 4.82. The number of aliphatic hydroxyl groups is 2. The lowest BCUT2D eigenvalue weighted by Crippen LogP contribution is -2.48. The van der Waals surface area contributed by atoms with Crippen molar-refractivity contribution >= 4 is 5.91 Å². The number of carbonyl (C=O) groups is 1. The Kier molecular flexibility index (Phi) is 6.43. The number of amides is 1. The molecule has 0 bridgehead atoms.